The number of terminal acetylenes is 1. The Bertz CT molecular complexity index is 354. The minimum absolute atomic E-state index is 0.504. The lowest BCUT2D eigenvalue weighted by atomic mass is 10.1. The Hall–Kier alpha value is -1.21. The lowest BCUT2D eigenvalue weighted by molar-refractivity contribution is 0.315. The Morgan fingerprint density at radius 3 is 2.84 bits per heavy atom. The van der Waals surface area contributed by atoms with Gasteiger partial charge in [-0.3, -0.25) is 9.89 Å². The van der Waals surface area contributed by atoms with Gasteiger partial charge in [0, 0.05) is 38.1 Å². The molecule has 4 heteroatoms. The Kier molecular flexibility index (Phi) is 5.09. The van der Waals surface area contributed by atoms with Gasteiger partial charge in [0.2, 0.25) is 0 Å². The second kappa shape index (κ2) is 6.81. The van der Waals surface area contributed by atoms with Crippen molar-refractivity contribution in [1.29, 1.82) is 0 Å². The Morgan fingerprint density at radius 2 is 2.21 bits per heavy atom. The number of likely N-dealkylation sites (tertiary alicyclic amines) is 1. The molecule has 2 aliphatic rings. The van der Waals surface area contributed by atoms with E-state index in [1.165, 1.54) is 19.4 Å². The Morgan fingerprint density at radius 1 is 1.42 bits per heavy atom. The molecule has 0 aromatic carbocycles. The molecule has 2 unspecified atom stereocenters. The molecule has 2 rings (SSSR count). The van der Waals surface area contributed by atoms with E-state index in [1.54, 1.807) is 0 Å². The summed E-state index contributed by atoms with van der Waals surface area (Å²) in [4.78, 5) is 7.14. The molecule has 4 nitrogen and oxygen atoms in total. The number of hydrogen-bond acceptors (Lipinski definition) is 2. The van der Waals surface area contributed by atoms with Crippen molar-refractivity contribution in [1.82, 2.24) is 15.5 Å². The van der Waals surface area contributed by atoms with Gasteiger partial charge < -0.3 is 10.6 Å². The fraction of sp³-hybridized carbons (Fsp3) is 0.800. The molecule has 2 fully saturated rings. The van der Waals surface area contributed by atoms with Crippen molar-refractivity contribution in [2.45, 2.75) is 45.2 Å². The molecule has 0 radical (unpaired) electrons. The number of nitrogens with one attached hydrogen (secondary N) is 2. The van der Waals surface area contributed by atoms with Crippen LogP contribution in [-0.4, -0.2) is 49.1 Å². The molecule has 0 amide bonds. The molecular weight excluding hydrogens is 236 g/mol. The highest BCUT2D eigenvalue weighted by Gasteiger charge is 2.38. The molecule has 0 spiro atoms. The van der Waals surface area contributed by atoms with Crippen molar-refractivity contribution in [3.8, 4) is 12.3 Å². The van der Waals surface area contributed by atoms with Gasteiger partial charge in [-0.25, -0.2) is 0 Å². The van der Waals surface area contributed by atoms with Crippen molar-refractivity contribution >= 4 is 5.96 Å². The summed E-state index contributed by atoms with van der Waals surface area (Å²) in [5, 5.41) is 6.87. The average molecular weight is 262 g/mol. The highest BCUT2D eigenvalue weighted by Crippen LogP contribution is 2.31. The van der Waals surface area contributed by atoms with Gasteiger partial charge >= 0.3 is 0 Å². The molecule has 1 aliphatic heterocycles. The third-order valence-corrected chi connectivity index (χ3v) is 3.90. The van der Waals surface area contributed by atoms with Gasteiger partial charge in [0.25, 0.3) is 0 Å². The van der Waals surface area contributed by atoms with Gasteiger partial charge in [-0.1, -0.05) is 6.92 Å². The second-order valence-corrected chi connectivity index (χ2v) is 5.63. The monoisotopic (exact) mass is 262 g/mol. The topological polar surface area (TPSA) is 39.7 Å². The first-order valence-corrected chi connectivity index (χ1v) is 7.47. The van der Waals surface area contributed by atoms with Crippen molar-refractivity contribution < 1.29 is 0 Å². The highest BCUT2D eigenvalue weighted by molar-refractivity contribution is 5.80. The van der Waals surface area contributed by atoms with Crippen molar-refractivity contribution in [3.05, 3.63) is 0 Å². The normalized spacial score (nSPS) is 28.2. The molecule has 1 saturated heterocycles. The summed E-state index contributed by atoms with van der Waals surface area (Å²) in [5.74, 6) is 4.21. The highest BCUT2D eigenvalue weighted by atomic mass is 15.3. The number of hydrogen-bond donors (Lipinski definition) is 2. The Balaban J connectivity index is 1.85. The van der Waals surface area contributed by atoms with E-state index in [9.17, 15) is 0 Å². The molecule has 1 aliphatic carbocycles. The summed E-state index contributed by atoms with van der Waals surface area (Å²) in [6.45, 7) is 8.35. The largest absolute Gasteiger partial charge is 0.357 e. The predicted octanol–water partition coefficient (Wildman–Crippen LogP) is 1.05. The number of nitrogens with zero attached hydrogens (tertiary/aromatic N) is 2. The third-order valence-electron chi connectivity index (χ3n) is 3.90. The summed E-state index contributed by atoms with van der Waals surface area (Å²) in [5.41, 5.74) is 0. The standard InChI is InChI=1S/C15H26N4/c1-4-6-9-17-15(16-5-2)18-14-11-19(10-12(14)3)13-7-8-13/h1,12-14H,5-11H2,2-3H3,(H2,16,17,18). The second-order valence-electron chi connectivity index (χ2n) is 5.63. The summed E-state index contributed by atoms with van der Waals surface area (Å²) in [6.07, 6.45) is 8.73. The smallest absolute Gasteiger partial charge is 0.191 e. The molecule has 0 aromatic rings. The molecule has 1 saturated carbocycles. The maximum absolute atomic E-state index is 5.27. The lowest BCUT2D eigenvalue weighted by Gasteiger charge is -2.20. The fourth-order valence-corrected chi connectivity index (χ4v) is 2.66. The SMILES string of the molecule is C#CCCN=C(NCC)NC1CN(C2CC2)CC1C. The summed E-state index contributed by atoms with van der Waals surface area (Å²) < 4.78 is 0. The van der Waals surface area contributed by atoms with E-state index >= 15 is 0 Å². The van der Waals surface area contributed by atoms with Crippen LogP contribution in [0.15, 0.2) is 4.99 Å². The van der Waals surface area contributed by atoms with E-state index in [-0.39, 0.29) is 0 Å². The van der Waals surface area contributed by atoms with Gasteiger partial charge in [0.05, 0.1) is 6.54 Å². The Labute approximate surface area is 117 Å². The van der Waals surface area contributed by atoms with Crippen LogP contribution in [0.1, 0.15) is 33.1 Å². The summed E-state index contributed by atoms with van der Waals surface area (Å²) in [7, 11) is 0. The molecule has 0 aromatic heterocycles. The van der Waals surface area contributed by atoms with Crippen LogP contribution in [0.3, 0.4) is 0 Å². The fourth-order valence-electron chi connectivity index (χ4n) is 2.66. The van der Waals surface area contributed by atoms with Crippen LogP contribution < -0.4 is 10.6 Å². The van der Waals surface area contributed by atoms with Gasteiger partial charge in [-0.05, 0) is 25.7 Å². The number of guanidine groups is 1. The van der Waals surface area contributed by atoms with E-state index in [4.69, 9.17) is 6.42 Å². The number of rotatable bonds is 5. The molecule has 19 heavy (non-hydrogen) atoms. The third kappa shape index (κ3) is 4.14. The van der Waals surface area contributed by atoms with Crippen LogP contribution in [0.4, 0.5) is 0 Å². The minimum atomic E-state index is 0.504. The first-order valence-electron chi connectivity index (χ1n) is 7.47. The van der Waals surface area contributed by atoms with Crippen molar-refractivity contribution in [2.75, 3.05) is 26.2 Å². The van der Waals surface area contributed by atoms with Crippen LogP contribution in [-0.2, 0) is 0 Å². The van der Waals surface area contributed by atoms with Crippen LogP contribution in [0.2, 0.25) is 0 Å². The molecule has 2 atom stereocenters. The van der Waals surface area contributed by atoms with Crippen LogP contribution in [0.5, 0.6) is 0 Å². The number of aliphatic imine (C=N–C) groups is 1. The predicted molar refractivity (Wildman–Crippen MR) is 80.1 cm³/mol. The van der Waals surface area contributed by atoms with Crippen LogP contribution >= 0.6 is 0 Å². The van der Waals surface area contributed by atoms with Gasteiger partial charge in [-0.2, -0.15) is 0 Å². The van der Waals surface area contributed by atoms with E-state index in [0.29, 0.717) is 24.9 Å². The molecule has 0 bridgehead atoms. The molecule has 106 valence electrons. The average Bonchev–Trinajstić information content (AvgIpc) is 3.16. The zero-order valence-electron chi connectivity index (χ0n) is 12.2. The molecule has 1 heterocycles. The maximum atomic E-state index is 5.27. The zero-order valence-corrected chi connectivity index (χ0v) is 12.2. The van der Waals surface area contributed by atoms with Gasteiger partial charge in [0.1, 0.15) is 0 Å². The van der Waals surface area contributed by atoms with Crippen molar-refractivity contribution in [2.24, 2.45) is 10.9 Å². The van der Waals surface area contributed by atoms with Gasteiger partial charge in [-0.15, -0.1) is 12.3 Å². The lowest BCUT2D eigenvalue weighted by Crippen LogP contribution is -2.46. The first kappa shape index (κ1) is 14.2. The van der Waals surface area contributed by atoms with E-state index < -0.39 is 0 Å². The van der Waals surface area contributed by atoms with E-state index in [0.717, 1.165) is 25.1 Å². The van der Waals surface area contributed by atoms with Crippen LogP contribution in [0.25, 0.3) is 0 Å². The molecule has 2 N–H and O–H groups in total. The quantitative estimate of drug-likeness (QED) is 0.337. The summed E-state index contributed by atoms with van der Waals surface area (Å²) in [6, 6.07) is 1.36. The summed E-state index contributed by atoms with van der Waals surface area (Å²) >= 11 is 0. The van der Waals surface area contributed by atoms with E-state index in [1.807, 2.05) is 0 Å². The minimum Gasteiger partial charge on any atom is -0.357 e. The molecular formula is C15H26N4. The van der Waals surface area contributed by atoms with Crippen LogP contribution in [0, 0.1) is 18.3 Å². The van der Waals surface area contributed by atoms with Gasteiger partial charge in [0.15, 0.2) is 5.96 Å². The maximum Gasteiger partial charge on any atom is 0.191 e. The first-order chi connectivity index (χ1) is 9.24. The van der Waals surface area contributed by atoms with Crippen molar-refractivity contribution in [3.63, 3.8) is 0 Å². The zero-order chi connectivity index (χ0) is 13.7. The van der Waals surface area contributed by atoms with E-state index in [2.05, 4.69) is 40.3 Å².